The molecule has 0 aliphatic carbocycles. The van der Waals surface area contributed by atoms with Crippen LogP contribution in [0.5, 0.6) is 0 Å². The Morgan fingerprint density at radius 2 is 0.569 bits per heavy atom. The van der Waals surface area contributed by atoms with Crippen molar-refractivity contribution in [2.45, 2.75) is 0 Å². The highest BCUT2D eigenvalue weighted by Crippen LogP contribution is 2.41. The van der Waals surface area contributed by atoms with E-state index in [4.69, 9.17) is 15.0 Å². The molecule has 0 spiro atoms. The van der Waals surface area contributed by atoms with Crippen molar-refractivity contribution in [1.29, 1.82) is 0 Å². The van der Waals surface area contributed by atoms with E-state index in [1.165, 1.54) is 38.1 Å². The number of fused-ring (bicyclic) bond motifs is 7. The zero-order valence-electron chi connectivity index (χ0n) is 39.1. The maximum Gasteiger partial charge on any atom is 0.164 e. The summed E-state index contributed by atoms with van der Waals surface area (Å²) < 4.78 is 4.81. The van der Waals surface area contributed by atoms with Gasteiger partial charge < -0.3 is 9.13 Å². The Labute approximate surface area is 416 Å². The molecule has 0 aliphatic rings. The standard InChI is InChI=1S/C67H43N5/c1-4-18-44(19-5-1)48-36-38-64(72-61-30-16-12-26-55(61)56-27-13-17-31-62(56)72)58(42-48)49-34-32-45-33-35-50(41-52(45)40-49)66-68-65(47-22-8-3-9-23-47)69-67(70-66)51-37-39-63(57(43-51)46-20-6-2-7-21-46)71-59-28-14-10-24-53(59)54-25-11-15-29-60(54)71/h1-43H. The van der Waals surface area contributed by atoms with Gasteiger partial charge in [-0.3, -0.25) is 0 Å². The van der Waals surface area contributed by atoms with Gasteiger partial charge in [0.25, 0.3) is 0 Å². The zero-order chi connectivity index (χ0) is 47.5. The van der Waals surface area contributed by atoms with Gasteiger partial charge in [0.05, 0.1) is 33.4 Å². The van der Waals surface area contributed by atoms with Crippen LogP contribution in [-0.4, -0.2) is 24.1 Å². The molecule has 0 saturated carbocycles. The third kappa shape index (κ3) is 6.98. The summed E-state index contributed by atoms with van der Waals surface area (Å²) in [4.78, 5) is 15.8. The summed E-state index contributed by atoms with van der Waals surface area (Å²) in [6.07, 6.45) is 0. The number of benzene rings is 11. The van der Waals surface area contributed by atoms with E-state index >= 15 is 0 Å². The van der Waals surface area contributed by atoms with Gasteiger partial charge in [0.15, 0.2) is 17.5 Å². The molecule has 0 bridgehead atoms. The van der Waals surface area contributed by atoms with Gasteiger partial charge in [-0.15, -0.1) is 0 Å². The van der Waals surface area contributed by atoms with Gasteiger partial charge >= 0.3 is 0 Å². The van der Waals surface area contributed by atoms with Gasteiger partial charge in [-0.25, -0.2) is 15.0 Å². The lowest BCUT2D eigenvalue weighted by Gasteiger charge is -2.17. The van der Waals surface area contributed by atoms with Gasteiger partial charge in [0, 0.05) is 49.4 Å². The third-order valence-electron chi connectivity index (χ3n) is 14.2. The van der Waals surface area contributed by atoms with Crippen molar-refractivity contribution in [2.24, 2.45) is 0 Å². The Hall–Kier alpha value is -9.71. The highest BCUT2D eigenvalue weighted by Gasteiger charge is 2.20. The molecule has 0 amide bonds. The van der Waals surface area contributed by atoms with Crippen LogP contribution in [-0.2, 0) is 0 Å². The average Bonchev–Trinajstić information content (AvgIpc) is 3.98. The molecule has 0 aliphatic heterocycles. The second-order valence-corrected chi connectivity index (χ2v) is 18.4. The number of nitrogens with zero attached hydrogens (tertiary/aromatic N) is 5. The first-order valence-electron chi connectivity index (χ1n) is 24.4. The molecule has 0 atom stereocenters. The first-order valence-corrected chi connectivity index (χ1v) is 24.4. The largest absolute Gasteiger partial charge is 0.309 e. The first-order chi connectivity index (χ1) is 35.7. The molecule has 14 aromatic rings. The van der Waals surface area contributed by atoms with Crippen molar-refractivity contribution in [2.75, 3.05) is 0 Å². The number of para-hydroxylation sites is 4. The van der Waals surface area contributed by atoms with Gasteiger partial charge in [0.1, 0.15) is 0 Å². The molecule has 336 valence electrons. The second-order valence-electron chi connectivity index (χ2n) is 18.4. The highest BCUT2D eigenvalue weighted by molar-refractivity contribution is 6.11. The topological polar surface area (TPSA) is 48.5 Å². The van der Waals surface area contributed by atoms with Gasteiger partial charge in [-0.1, -0.05) is 194 Å². The quantitative estimate of drug-likeness (QED) is 0.153. The molecular weight excluding hydrogens is 875 g/mol. The van der Waals surface area contributed by atoms with E-state index in [0.717, 1.165) is 77.7 Å². The fourth-order valence-corrected chi connectivity index (χ4v) is 10.8. The molecule has 3 aromatic heterocycles. The smallest absolute Gasteiger partial charge is 0.164 e. The van der Waals surface area contributed by atoms with Crippen LogP contribution in [0.2, 0.25) is 0 Å². The molecule has 3 heterocycles. The Morgan fingerprint density at radius 1 is 0.222 bits per heavy atom. The van der Waals surface area contributed by atoms with E-state index in [9.17, 15) is 0 Å². The molecule has 0 unspecified atom stereocenters. The normalized spacial score (nSPS) is 11.6. The van der Waals surface area contributed by atoms with E-state index < -0.39 is 0 Å². The minimum absolute atomic E-state index is 0.604. The monoisotopic (exact) mass is 917 g/mol. The fourth-order valence-electron chi connectivity index (χ4n) is 10.8. The van der Waals surface area contributed by atoms with E-state index in [1.807, 2.05) is 18.2 Å². The summed E-state index contributed by atoms with van der Waals surface area (Å²) in [5.41, 5.74) is 16.4. The number of hydrogen-bond acceptors (Lipinski definition) is 3. The molecule has 0 radical (unpaired) electrons. The van der Waals surface area contributed by atoms with E-state index in [-0.39, 0.29) is 0 Å². The van der Waals surface area contributed by atoms with E-state index in [1.54, 1.807) is 0 Å². The predicted molar refractivity (Wildman–Crippen MR) is 299 cm³/mol. The number of aromatic nitrogens is 5. The molecule has 72 heavy (non-hydrogen) atoms. The molecule has 11 aromatic carbocycles. The summed E-state index contributed by atoms with van der Waals surface area (Å²) in [5.74, 6) is 1.83. The molecule has 5 nitrogen and oxygen atoms in total. The van der Waals surface area contributed by atoms with Gasteiger partial charge in [0.2, 0.25) is 0 Å². The fraction of sp³-hybridized carbons (Fsp3) is 0. The maximum atomic E-state index is 5.33. The highest BCUT2D eigenvalue weighted by atomic mass is 15.0. The molecular formula is C67H43N5. The van der Waals surface area contributed by atoms with Crippen molar-refractivity contribution in [3.8, 4) is 78.9 Å². The average molecular weight is 918 g/mol. The van der Waals surface area contributed by atoms with E-state index in [0.29, 0.717) is 17.5 Å². The minimum atomic E-state index is 0.604. The third-order valence-corrected chi connectivity index (χ3v) is 14.2. The number of rotatable bonds is 8. The van der Waals surface area contributed by atoms with Gasteiger partial charge in [-0.2, -0.15) is 0 Å². The predicted octanol–water partition coefficient (Wildman–Crippen LogP) is 17.2. The van der Waals surface area contributed by atoms with Crippen LogP contribution in [0.15, 0.2) is 261 Å². The lowest BCUT2D eigenvalue weighted by Crippen LogP contribution is -2.02. The zero-order valence-corrected chi connectivity index (χ0v) is 39.1. The van der Waals surface area contributed by atoms with Crippen molar-refractivity contribution in [3.63, 3.8) is 0 Å². The van der Waals surface area contributed by atoms with Crippen LogP contribution in [0, 0.1) is 0 Å². The van der Waals surface area contributed by atoms with Crippen molar-refractivity contribution in [3.05, 3.63) is 261 Å². The van der Waals surface area contributed by atoms with Crippen LogP contribution in [0.25, 0.3) is 133 Å². The van der Waals surface area contributed by atoms with Crippen LogP contribution < -0.4 is 0 Å². The minimum Gasteiger partial charge on any atom is -0.309 e. The Bertz CT molecular complexity index is 4270. The van der Waals surface area contributed by atoms with Crippen LogP contribution >= 0.6 is 0 Å². The molecule has 0 fully saturated rings. The molecule has 0 N–H and O–H groups in total. The molecule has 14 rings (SSSR count). The Morgan fingerprint density at radius 3 is 1.08 bits per heavy atom. The van der Waals surface area contributed by atoms with Crippen LogP contribution in [0.1, 0.15) is 0 Å². The van der Waals surface area contributed by atoms with E-state index in [2.05, 4.69) is 252 Å². The molecule has 0 saturated heterocycles. The summed E-state index contributed by atoms with van der Waals surface area (Å²) in [6, 6.07) is 93.1. The van der Waals surface area contributed by atoms with Crippen LogP contribution in [0.3, 0.4) is 0 Å². The summed E-state index contributed by atoms with van der Waals surface area (Å²) in [7, 11) is 0. The van der Waals surface area contributed by atoms with Crippen molar-refractivity contribution in [1.82, 2.24) is 24.1 Å². The summed E-state index contributed by atoms with van der Waals surface area (Å²) in [5, 5.41) is 7.13. The second kappa shape index (κ2) is 17.1. The first kappa shape index (κ1) is 41.3. The van der Waals surface area contributed by atoms with Gasteiger partial charge in [-0.05, 0) is 99.8 Å². The maximum absolute atomic E-state index is 5.33. The Kier molecular flexibility index (Phi) is 9.78. The SMILES string of the molecule is c1ccc(-c2ccc(-n3c4ccccc4c4ccccc43)c(-c3ccc4ccc(-c5nc(-c6ccccc6)nc(-c6ccc(-n7c8ccccc8c8ccccc87)c(-c7ccccc7)c6)n5)cc4c3)c2)cc1. The van der Waals surface area contributed by atoms with Crippen molar-refractivity contribution < 1.29 is 0 Å². The van der Waals surface area contributed by atoms with Crippen molar-refractivity contribution >= 4 is 54.4 Å². The number of hydrogen-bond donors (Lipinski definition) is 0. The molecule has 5 heteroatoms. The van der Waals surface area contributed by atoms with Crippen LogP contribution in [0.4, 0.5) is 0 Å². The summed E-state index contributed by atoms with van der Waals surface area (Å²) >= 11 is 0. The summed E-state index contributed by atoms with van der Waals surface area (Å²) in [6.45, 7) is 0. The lowest BCUT2D eigenvalue weighted by atomic mass is 9.95. The Balaban J connectivity index is 0.938. The lowest BCUT2D eigenvalue weighted by molar-refractivity contribution is 1.07.